The molecule has 0 spiro atoms. The number of hydrogen-bond acceptors (Lipinski definition) is 9. The zero-order chi connectivity index (χ0) is 30.6. The second-order valence-electron chi connectivity index (χ2n) is 10.2. The molecule has 1 N–H and O–H groups in total. The molecule has 0 aliphatic rings. The van der Waals surface area contributed by atoms with Gasteiger partial charge in [0.2, 0.25) is 11.8 Å². The number of benzene rings is 2. The molecule has 223 valence electrons. The lowest BCUT2D eigenvalue weighted by molar-refractivity contribution is -0.764. The van der Waals surface area contributed by atoms with Gasteiger partial charge in [0.25, 0.3) is 5.09 Å². The Bertz CT molecular complexity index is 1340. The lowest BCUT2D eigenvalue weighted by atomic mass is 9.91. The fourth-order valence-electron chi connectivity index (χ4n) is 4.76. The number of unbranched alkanes of at least 4 members (excludes halogenated alkanes) is 1. The van der Waals surface area contributed by atoms with Crippen molar-refractivity contribution in [1.82, 2.24) is 30.8 Å². The normalized spacial score (nSPS) is 12.4. The maximum atomic E-state index is 13.7. The van der Waals surface area contributed by atoms with Crippen molar-refractivity contribution in [2.24, 2.45) is 5.92 Å². The van der Waals surface area contributed by atoms with E-state index in [2.05, 4.69) is 25.9 Å². The van der Waals surface area contributed by atoms with Gasteiger partial charge in [0.1, 0.15) is 0 Å². The highest BCUT2D eigenvalue weighted by Crippen LogP contribution is 2.30. The molecule has 1 unspecified atom stereocenters. The van der Waals surface area contributed by atoms with Gasteiger partial charge in [-0.2, -0.15) is 0 Å². The van der Waals surface area contributed by atoms with Gasteiger partial charge < -0.3 is 9.74 Å². The Balaban J connectivity index is 1.92. The van der Waals surface area contributed by atoms with Crippen molar-refractivity contribution in [3.8, 4) is 22.5 Å². The number of nitrogens with zero attached hydrogens (tertiary/aromatic N) is 6. The lowest BCUT2D eigenvalue weighted by Crippen LogP contribution is -2.51. The Kier molecular flexibility index (Phi) is 11.6. The predicted octanol–water partition coefficient (Wildman–Crippen LogP) is 3.76. The van der Waals surface area contributed by atoms with Crippen LogP contribution in [0.5, 0.6) is 0 Å². The average molecular weight is 579 g/mol. The fourth-order valence-corrected chi connectivity index (χ4v) is 4.76. The van der Waals surface area contributed by atoms with Gasteiger partial charge in [-0.15, -0.1) is 15.2 Å². The summed E-state index contributed by atoms with van der Waals surface area (Å²) in [6, 6.07) is 14.2. The van der Waals surface area contributed by atoms with Gasteiger partial charge in [0.05, 0.1) is 6.04 Å². The van der Waals surface area contributed by atoms with E-state index in [1.165, 1.54) is 11.9 Å². The minimum atomic E-state index is -1.51. The summed E-state index contributed by atoms with van der Waals surface area (Å²) in [5.74, 6) is -1.22. The van der Waals surface area contributed by atoms with Crippen LogP contribution in [-0.2, 0) is 25.8 Å². The molecule has 0 fully saturated rings. The van der Waals surface area contributed by atoms with Crippen LogP contribution in [0.1, 0.15) is 58.4 Å². The van der Waals surface area contributed by atoms with Crippen LogP contribution in [0.2, 0.25) is 0 Å². The van der Waals surface area contributed by atoms with E-state index >= 15 is 0 Å². The molecule has 13 heteroatoms. The Labute approximate surface area is 244 Å². The van der Waals surface area contributed by atoms with E-state index < -0.39 is 28.9 Å². The number of H-pyrrole nitrogens is 1. The van der Waals surface area contributed by atoms with Crippen molar-refractivity contribution >= 4 is 17.6 Å². The van der Waals surface area contributed by atoms with Gasteiger partial charge >= 0.3 is 0 Å². The highest BCUT2D eigenvalue weighted by Gasteiger charge is 2.38. The van der Waals surface area contributed by atoms with E-state index in [0.717, 1.165) is 28.7 Å². The van der Waals surface area contributed by atoms with Gasteiger partial charge in [-0.3, -0.25) is 19.7 Å². The van der Waals surface area contributed by atoms with Gasteiger partial charge in [-0.25, -0.2) is 5.10 Å². The van der Waals surface area contributed by atoms with Crippen LogP contribution in [0.15, 0.2) is 48.5 Å². The minimum Gasteiger partial charge on any atom is -0.328 e. The third-order valence-corrected chi connectivity index (χ3v) is 6.87. The van der Waals surface area contributed by atoms with E-state index in [1.807, 2.05) is 55.5 Å². The van der Waals surface area contributed by atoms with Crippen molar-refractivity contribution in [3.05, 3.63) is 64.2 Å². The highest BCUT2D eigenvalue weighted by atomic mass is 17.0. The summed E-state index contributed by atoms with van der Waals surface area (Å²) in [7, 11) is 1.31. The second kappa shape index (κ2) is 15.4. The molecule has 1 aromatic heterocycles. The van der Waals surface area contributed by atoms with Crippen molar-refractivity contribution in [2.75, 3.05) is 7.05 Å². The molecule has 1 radical (unpaired) electrons. The van der Waals surface area contributed by atoms with Gasteiger partial charge in [0.15, 0.2) is 17.7 Å². The zero-order valence-corrected chi connectivity index (χ0v) is 24.2. The van der Waals surface area contributed by atoms with Gasteiger partial charge in [0, 0.05) is 32.0 Å². The molecule has 42 heavy (non-hydrogen) atoms. The molecular formula is C29H36N7O6. The molecule has 2 aromatic carbocycles. The number of rotatable bonds is 16. The Morgan fingerprint density at radius 3 is 2.33 bits per heavy atom. The van der Waals surface area contributed by atoms with Crippen LogP contribution in [0.25, 0.3) is 22.5 Å². The van der Waals surface area contributed by atoms with Gasteiger partial charge in [-0.1, -0.05) is 75.7 Å². The standard InChI is InChI=1S/C29H36N7O6/c1-5-6-11-26(38)35(27(19(2)3)28(39)24(42-36(40)41)16-17-25(37)30-4)18-20-12-14-21(15-13-20)22-9-7-8-10-23(22)29-31-33-34-32-29/h7-10,12-15,19,24,27H,5-6,11,16-18H2,1-4H3,(H,31,32,33,34)/t24?,27-/m1/s1. The first kappa shape index (κ1) is 31.8. The van der Waals surface area contributed by atoms with Crippen molar-refractivity contribution in [1.29, 1.82) is 0 Å². The van der Waals surface area contributed by atoms with Gasteiger partial charge in [-0.05, 0) is 45.9 Å². The third-order valence-electron chi connectivity index (χ3n) is 6.87. The van der Waals surface area contributed by atoms with E-state index in [4.69, 9.17) is 4.84 Å². The predicted molar refractivity (Wildman–Crippen MR) is 153 cm³/mol. The SMILES string of the molecule is CCCCC(=O)N(Cc1ccc(-c2ccccc2-c2nnn[nH]2)cc1)[C@@H](C(=O)C(CCC(=O)[N]C)O[N+](=O)[O-])C(C)C. The number of Topliss-reactive ketones (excluding diaryl/α,β-unsaturated/α-hetero) is 1. The molecule has 3 rings (SSSR count). The summed E-state index contributed by atoms with van der Waals surface area (Å²) >= 11 is 0. The molecule has 13 nitrogen and oxygen atoms in total. The summed E-state index contributed by atoms with van der Waals surface area (Å²) in [6.07, 6.45) is -0.291. The Hall–Kier alpha value is -4.68. The number of amides is 2. The van der Waals surface area contributed by atoms with Crippen molar-refractivity contribution < 1.29 is 24.3 Å². The van der Waals surface area contributed by atoms with Crippen LogP contribution >= 0.6 is 0 Å². The number of carbonyl (C=O) groups excluding carboxylic acids is 3. The first-order chi connectivity index (χ1) is 20.2. The second-order valence-corrected chi connectivity index (χ2v) is 10.2. The number of ketones is 1. The first-order valence-corrected chi connectivity index (χ1v) is 13.9. The zero-order valence-electron chi connectivity index (χ0n) is 24.2. The van der Waals surface area contributed by atoms with Crippen LogP contribution in [0.3, 0.4) is 0 Å². The summed E-state index contributed by atoms with van der Waals surface area (Å²) in [5.41, 5.74) is 3.40. The van der Waals surface area contributed by atoms with Crippen molar-refractivity contribution in [2.45, 2.75) is 71.6 Å². The monoisotopic (exact) mass is 578 g/mol. The summed E-state index contributed by atoms with van der Waals surface area (Å²) in [6.45, 7) is 5.62. The molecule has 2 amide bonds. The minimum absolute atomic E-state index is 0.111. The Morgan fingerprint density at radius 1 is 1.07 bits per heavy atom. The van der Waals surface area contributed by atoms with Crippen LogP contribution in [-0.4, -0.2) is 67.4 Å². The molecule has 0 aliphatic carbocycles. The molecule has 0 bridgehead atoms. The largest absolute Gasteiger partial charge is 0.328 e. The quantitative estimate of drug-likeness (QED) is 0.196. The number of hydrogen-bond donors (Lipinski definition) is 1. The van der Waals surface area contributed by atoms with Crippen molar-refractivity contribution in [3.63, 3.8) is 0 Å². The smallest absolute Gasteiger partial charge is 0.295 e. The van der Waals surface area contributed by atoms with E-state index in [-0.39, 0.29) is 37.6 Å². The highest BCUT2D eigenvalue weighted by molar-refractivity contribution is 5.92. The maximum Gasteiger partial charge on any atom is 0.295 e. The summed E-state index contributed by atoms with van der Waals surface area (Å²) in [4.78, 5) is 56.4. The van der Waals surface area contributed by atoms with Crippen LogP contribution < -0.4 is 5.32 Å². The van der Waals surface area contributed by atoms with E-state index in [1.54, 1.807) is 13.8 Å². The Morgan fingerprint density at radius 2 is 1.76 bits per heavy atom. The maximum absolute atomic E-state index is 13.7. The van der Waals surface area contributed by atoms with Crippen LogP contribution in [0.4, 0.5) is 0 Å². The molecule has 2 atom stereocenters. The fraction of sp³-hybridized carbons (Fsp3) is 0.448. The van der Waals surface area contributed by atoms with E-state index in [0.29, 0.717) is 12.2 Å². The molecule has 3 aromatic rings. The number of tetrazole rings is 1. The molecule has 0 saturated carbocycles. The topological polar surface area (TPSA) is 175 Å². The molecule has 1 heterocycles. The molecular weight excluding hydrogens is 542 g/mol. The number of aromatic amines is 1. The summed E-state index contributed by atoms with van der Waals surface area (Å²) in [5, 5.41) is 27.8. The molecule has 0 aliphatic heterocycles. The number of carbonyl (C=O) groups is 3. The summed E-state index contributed by atoms with van der Waals surface area (Å²) < 4.78 is 0. The lowest BCUT2D eigenvalue weighted by Gasteiger charge is -2.35. The number of nitrogens with one attached hydrogen (secondary N) is 1. The third kappa shape index (κ3) is 8.41. The average Bonchev–Trinajstić information content (AvgIpc) is 3.52. The van der Waals surface area contributed by atoms with E-state index in [9.17, 15) is 24.5 Å². The van der Waals surface area contributed by atoms with Crippen LogP contribution in [0, 0.1) is 16.0 Å². The first-order valence-electron chi connectivity index (χ1n) is 13.9. The number of aromatic nitrogens is 4. The molecule has 0 saturated heterocycles.